The van der Waals surface area contributed by atoms with E-state index in [4.69, 9.17) is 0 Å². The molecule has 0 amide bonds. The average Bonchev–Trinajstić information content (AvgIpc) is 2.84. The number of hydrogen-bond donors (Lipinski definition) is 2. The van der Waals surface area contributed by atoms with Crippen LogP contribution in [0.1, 0.15) is 15.9 Å². The number of nitro groups is 2. The molecule has 0 aliphatic rings. The van der Waals surface area contributed by atoms with Gasteiger partial charge < -0.3 is 10.2 Å². The molecule has 34 heavy (non-hydrogen) atoms. The summed E-state index contributed by atoms with van der Waals surface area (Å²) in [4.78, 5) is 43.0. The molecule has 0 atom stereocenters. The van der Waals surface area contributed by atoms with Crippen molar-refractivity contribution in [3.63, 3.8) is 0 Å². The lowest BCUT2D eigenvalue weighted by atomic mass is 9.94. The van der Waals surface area contributed by atoms with E-state index < -0.39 is 15.6 Å². The third kappa shape index (κ3) is 4.00. The zero-order chi connectivity index (χ0) is 24.4. The fraction of sp³-hybridized carbons (Fsp3) is 0. The molecule has 0 radical (unpaired) electrons. The van der Waals surface area contributed by atoms with Crippen molar-refractivity contribution < 1.29 is 24.9 Å². The Kier molecular flexibility index (Phi) is 5.66. The number of benzene rings is 2. The van der Waals surface area contributed by atoms with Gasteiger partial charge in [-0.2, -0.15) is 0 Å². The lowest BCUT2D eigenvalue weighted by Crippen LogP contribution is -2.08. The molecular formula is C23H14N4O7. The second-order valence-electron chi connectivity index (χ2n) is 7.05. The maximum Gasteiger partial charge on any atom is 0.270 e. The van der Waals surface area contributed by atoms with E-state index in [9.17, 15) is 35.2 Å². The van der Waals surface area contributed by atoms with E-state index in [1.165, 1.54) is 36.7 Å². The highest BCUT2D eigenvalue weighted by atomic mass is 16.6. The van der Waals surface area contributed by atoms with E-state index in [-0.39, 0.29) is 56.5 Å². The number of hydrogen-bond acceptors (Lipinski definition) is 9. The number of ketones is 1. The van der Waals surface area contributed by atoms with E-state index in [0.717, 1.165) is 36.4 Å². The second kappa shape index (κ2) is 8.74. The number of pyridine rings is 2. The molecule has 2 aromatic carbocycles. The summed E-state index contributed by atoms with van der Waals surface area (Å²) in [5, 5.41) is 43.0. The van der Waals surface area contributed by atoms with Crippen LogP contribution in [-0.2, 0) is 0 Å². The first-order chi connectivity index (χ1) is 16.3. The third-order valence-corrected chi connectivity index (χ3v) is 5.00. The lowest BCUT2D eigenvalue weighted by molar-refractivity contribution is -0.385. The minimum Gasteiger partial charge on any atom is -0.507 e. The van der Waals surface area contributed by atoms with Crippen molar-refractivity contribution in [1.82, 2.24) is 9.97 Å². The van der Waals surface area contributed by atoms with Crippen molar-refractivity contribution in [3.05, 3.63) is 104 Å². The standard InChI is InChI=1S/C23H14N4O7/c28-19-7-5-13(26(31)32)11-17(19)21-15(3-1-9-24-21)23(30)16-4-2-10-25-22(16)18-12-14(27(33)34)6-8-20(18)29/h1-12,28-29H. The molecule has 168 valence electrons. The summed E-state index contributed by atoms with van der Waals surface area (Å²) in [6.07, 6.45) is 2.72. The molecule has 0 saturated carbocycles. The van der Waals surface area contributed by atoms with Crippen LogP contribution in [0.15, 0.2) is 73.1 Å². The first-order valence-corrected chi connectivity index (χ1v) is 9.68. The Hall–Kier alpha value is -5.19. The number of aromatic nitrogens is 2. The topological polar surface area (TPSA) is 170 Å². The Balaban J connectivity index is 1.89. The largest absolute Gasteiger partial charge is 0.507 e. The second-order valence-corrected chi connectivity index (χ2v) is 7.05. The highest BCUT2D eigenvalue weighted by Crippen LogP contribution is 2.37. The van der Waals surface area contributed by atoms with Gasteiger partial charge in [0.1, 0.15) is 11.5 Å². The van der Waals surface area contributed by atoms with E-state index in [0.29, 0.717) is 0 Å². The predicted molar refractivity (Wildman–Crippen MR) is 119 cm³/mol. The van der Waals surface area contributed by atoms with E-state index >= 15 is 0 Å². The monoisotopic (exact) mass is 458 g/mol. The molecule has 0 spiro atoms. The van der Waals surface area contributed by atoms with Gasteiger partial charge >= 0.3 is 0 Å². The summed E-state index contributed by atoms with van der Waals surface area (Å²) in [5.41, 5.74) is -0.682. The Labute approximate surface area is 190 Å². The summed E-state index contributed by atoms with van der Waals surface area (Å²) in [7, 11) is 0. The quantitative estimate of drug-likeness (QED) is 0.243. The fourth-order valence-corrected chi connectivity index (χ4v) is 3.41. The smallest absolute Gasteiger partial charge is 0.270 e. The lowest BCUT2D eigenvalue weighted by Gasteiger charge is -2.12. The van der Waals surface area contributed by atoms with Gasteiger partial charge in [-0.05, 0) is 36.4 Å². The van der Waals surface area contributed by atoms with Crippen LogP contribution < -0.4 is 0 Å². The number of carbonyl (C=O) groups is 1. The van der Waals surface area contributed by atoms with Crippen LogP contribution in [0.25, 0.3) is 22.5 Å². The van der Waals surface area contributed by atoms with Crippen molar-refractivity contribution in [2.75, 3.05) is 0 Å². The van der Waals surface area contributed by atoms with Crippen molar-refractivity contribution in [3.8, 4) is 34.0 Å². The molecule has 11 heteroatoms. The summed E-state index contributed by atoms with van der Waals surface area (Å²) < 4.78 is 0. The molecule has 2 heterocycles. The van der Waals surface area contributed by atoms with Gasteiger partial charge in [0.05, 0.1) is 21.2 Å². The molecule has 0 bridgehead atoms. The third-order valence-electron chi connectivity index (χ3n) is 5.00. The molecule has 2 aromatic heterocycles. The number of non-ortho nitro benzene ring substituents is 2. The SMILES string of the molecule is O=C(c1cccnc1-c1cc([N+](=O)[O-])ccc1O)c1cccnc1-c1cc([N+](=O)[O-])ccc1O. The number of aromatic hydroxyl groups is 2. The average molecular weight is 458 g/mol. The maximum atomic E-state index is 13.6. The molecule has 11 nitrogen and oxygen atoms in total. The zero-order valence-corrected chi connectivity index (χ0v) is 17.2. The Morgan fingerprint density at radius 1 is 0.706 bits per heavy atom. The van der Waals surface area contributed by atoms with Crippen LogP contribution in [0.5, 0.6) is 11.5 Å². The molecule has 0 saturated heterocycles. The van der Waals surface area contributed by atoms with Gasteiger partial charge in [-0.3, -0.25) is 35.0 Å². The highest BCUT2D eigenvalue weighted by molar-refractivity contribution is 6.15. The summed E-state index contributed by atoms with van der Waals surface area (Å²) in [6, 6.07) is 12.5. The van der Waals surface area contributed by atoms with Crippen molar-refractivity contribution in [2.45, 2.75) is 0 Å². The van der Waals surface area contributed by atoms with Crippen LogP contribution in [0, 0.1) is 20.2 Å². The van der Waals surface area contributed by atoms with Gasteiger partial charge in [-0.25, -0.2) is 0 Å². The number of carbonyl (C=O) groups excluding carboxylic acids is 1. The highest BCUT2D eigenvalue weighted by Gasteiger charge is 2.24. The first-order valence-electron chi connectivity index (χ1n) is 9.68. The van der Waals surface area contributed by atoms with Crippen molar-refractivity contribution in [1.29, 1.82) is 0 Å². The van der Waals surface area contributed by atoms with Crippen molar-refractivity contribution in [2.24, 2.45) is 0 Å². The predicted octanol–water partition coefficient (Wildman–Crippen LogP) is 4.27. The maximum absolute atomic E-state index is 13.6. The van der Waals surface area contributed by atoms with Gasteiger partial charge in [0.15, 0.2) is 5.78 Å². The van der Waals surface area contributed by atoms with Crippen LogP contribution in [0.3, 0.4) is 0 Å². The first kappa shape index (κ1) is 22.0. The van der Waals surface area contributed by atoms with Crippen LogP contribution in [-0.4, -0.2) is 35.8 Å². The molecule has 4 aromatic rings. The van der Waals surface area contributed by atoms with Gasteiger partial charge in [-0.1, -0.05) is 0 Å². The van der Waals surface area contributed by atoms with Crippen LogP contribution in [0.2, 0.25) is 0 Å². The van der Waals surface area contributed by atoms with Crippen LogP contribution >= 0.6 is 0 Å². The van der Waals surface area contributed by atoms with E-state index in [2.05, 4.69) is 9.97 Å². The minimum absolute atomic E-state index is 0.00234. The number of nitro benzene ring substituents is 2. The van der Waals surface area contributed by atoms with E-state index in [1.54, 1.807) is 0 Å². The Bertz CT molecular complexity index is 1360. The van der Waals surface area contributed by atoms with Crippen molar-refractivity contribution >= 4 is 17.2 Å². The van der Waals surface area contributed by atoms with Gasteiger partial charge in [-0.15, -0.1) is 0 Å². The zero-order valence-electron chi connectivity index (χ0n) is 17.2. The summed E-state index contributed by atoms with van der Waals surface area (Å²) >= 11 is 0. The molecule has 4 rings (SSSR count). The van der Waals surface area contributed by atoms with Gasteiger partial charge in [0, 0.05) is 58.9 Å². The molecule has 2 N–H and O–H groups in total. The van der Waals surface area contributed by atoms with Gasteiger partial charge in [0.25, 0.3) is 11.4 Å². The van der Waals surface area contributed by atoms with Gasteiger partial charge in [0.2, 0.25) is 0 Å². The minimum atomic E-state index is -0.641. The molecule has 0 unspecified atom stereocenters. The summed E-state index contributed by atoms with van der Waals surface area (Å²) in [6.45, 7) is 0. The van der Waals surface area contributed by atoms with Crippen LogP contribution in [0.4, 0.5) is 11.4 Å². The molecular weight excluding hydrogens is 444 g/mol. The number of nitrogens with zero attached hydrogens (tertiary/aromatic N) is 4. The summed E-state index contributed by atoms with van der Waals surface area (Å²) in [5.74, 6) is -1.26. The number of rotatable bonds is 6. The molecule has 0 aliphatic heterocycles. The number of phenols is 2. The molecule has 0 aliphatic carbocycles. The Morgan fingerprint density at radius 3 is 1.50 bits per heavy atom. The number of phenolic OH excluding ortho intramolecular Hbond substituents is 2. The normalized spacial score (nSPS) is 10.6. The van der Waals surface area contributed by atoms with E-state index in [1.807, 2.05) is 0 Å². The Morgan fingerprint density at radius 2 is 1.12 bits per heavy atom. The fourth-order valence-electron chi connectivity index (χ4n) is 3.41. The molecule has 0 fully saturated rings.